The molecule has 1 aromatic carbocycles. The number of alkyl halides is 3. The van der Waals surface area contributed by atoms with Gasteiger partial charge in [0.05, 0.1) is 22.9 Å². The number of imide groups is 1. The number of halogens is 3. The van der Waals surface area contributed by atoms with E-state index in [1.165, 1.54) is 11.1 Å². The minimum absolute atomic E-state index is 0.0469. The number of carbonyl (C=O) groups is 2. The Kier molecular flexibility index (Phi) is 5.32. The molecule has 3 amide bonds. The highest BCUT2D eigenvalue weighted by Gasteiger charge is 2.47. The van der Waals surface area contributed by atoms with Crippen molar-refractivity contribution in [2.45, 2.75) is 23.6 Å². The van der Waals surface area contributed by atoms with E-state index in [4.69, 9.17) is 5.11 Å². The van der Waals surface area contributed by atoms with E-state index in [0.717, 1.165) is 17.0 Å². The van der Waals surface area contributed by atoms with E-state index >= 15 is 0 Å². The fourth-order valence-corrected chi connectivity index (χ4v) is 3.53. The van der Waals surface area contributed by atoms with Gasteiger partial charge in [-0.25, -0.2) is 18.1 Å². The van der Waals surface area contributed by atoms with E-state index in [2.05, 4.69) is 4.98 Å². The maximum absolute atomic E-state index is 12.6. The number of nitrogens with zero attached hydrogens (tertiary/aromatic N) is 3. The molecule has 2 aromatic rings. The number of aliphatic hydroxyl groups is 1. The second kappa shape index (κ2) is 7.44. The first-order valence-corrected chi connectivity index (χ1v) is 9.61. The van der Waals surface area contributed by atoms with Gasteiger partial charge in [-0.2, -0.15) is 13.2 Å². The molecule has 154 valence electrons. The topological polar surface area (TPSA) is 108 Å². The highest BCUT2D eigenvalue weighted by Crippen LogP contribution is 2.32. The molecule has 1 saturated heterocycles. The lowest BCUT2D eigenvalue weighted by Crippen LogP contribution is -2.32. The van der Waals surface area contributed by atoms with Crippen molar-refractivity contribution in [1.29, 1.82) is 0 Å². The lowest BCUT2D eigenvalue weighted by atomic mass is 10.2. The summed E-state index contributed by atoms with van der Waals surface area (Å²) < 4.78 is 60.7. The zero-order valence-electron chi connectivity index (χ0n) is 14.6. The number of sulfone groups is 1. The first-order valence-electron chi connectivity index (χ1n) is 8.12. The van der Waals surface area contributed by atoms with Crippen LogP contribution in [0.2, 0.25) is 0 Å². The van der Waals surface area contributed by atoms with Crippen LogP contribution in [0.15, 0.2) is 47.5 Å². The fraction of sp³-hybridized carbons (Fsp3) is 0.235. The minimum atomic E-state index is -5.53. The van der Waals surface area contributed by atoms with Crippen molar-refractivity contribution in [2.75, 3.05) is 11.4 Å². The second-order valence-corrected chi connectivity index (χ2v) is 8.07. The molecular formula is C17H14F3N3O5S. The summed E-state index contributed by atoms with van der Waals surface area (Å²) >= 11 is 0. The average molecular weight is 429 g/mol. The summed E-state index contributed by atoms with van der Waals surface area (Å²) in [5, 5.41) is 9.12. The number of urea groups is 1. The maximum Gasteiger partial charge on any atom is 0.501 e. The van der Waals surface area contributed by atoms with Gasteiger partial charge in [-0.05, 0) is 42.0 Å². The molecule has 0 unspecified atom stereocenters. The van der Waals surface area contributed by atoms with Gasteiger partial charge in [0.15, 0.2) is 0 Å². The average Bonchev–Trinajstić information content (AvgIpc) is 2.94. The summed E-state index contributed by atoms with van der Waals surface area (Å²) in [5.74, 6) is -0.613. The van der Waals surface area contributed by atoms with Crippen LogP contribution in [0.3, 0.4) is 0 Å². The summed E-state index contributed by atoms with van der Waals surface area (Å²) in [6, 6.07) is 5.79. The number of carbonyl (C=O) groups excluding carboxylic acids is 2. The van der Waals surface area contributed by atoms with Crippen molar-refractivity contribution in [3.05, 3.63) is 53.9 Å². The Morgan fingerprint density at radius 3 is 2.34 bits per heavy atom. The Balaban J connectivity index is 1.81. The van der Waals surface area contributed by atoms with Crippen molar-refractivity contribution in [1.82, 2.24) is 9.88 Å². The summed E-state index contributed by atoms with van der Waals surface area (Å²) in [6.07, 6.45) is 1.45. The third kappa shape index (κ3) is 3.93. The van der Waals surface area contributed by atoms with Gasteiger partial charge in [0.1, 0.15) is 6.54 Å². The molecule has 2 heterocycles. The number of pyridine rings is 1. The van der Waals surface area contributed by atoms with Gasteiger partial charge < -0.3 is 10.0 Å². The first kappa shape index (κ1) is 20.7. The molecule has 12 heteroatoms. The van der Waals surface area contributed by atoms with Crippen molar-refractivity contribution in [2.24, 2.45) is 0 Å². The van der Waals surface area contributed by atoms with Gasteiger partial charge in [-0.15, -0.1) is 0 Å². The van der Waals surface area contributed by atoms with E-state index in [-0.39, 0.29) is 25.4 Å². The summed E-state index contributed by atoms with van der Waals surface area (Å²) in [4.78, 5) is 29.7. The number of rotatable bonds is 5. The maximum atomic E-state index is 12.6. The number of anilines is 1. The normalized spacial score (nSPS) is 15.3. The van der Waals surface area contributed by atoms with E-state index in [0.29, 0.717) is 23.4 Å². The van der Waals surface area contributed by atoms with Crippen LogP contribution < -0.4 is 4.90 Å². The van der Waals surface area contributed by atoms with Crippen molar-refractivity contribution >= 4 is 27.5 Å². The highest BCUT2D eigenvalue weighted by atomic mass is 32.2. The van der Waals surface area contributed by atoms with Crippen LogP contribution in [0.4, 0.5) is 23.7 Å². The molecule has 1 aromatic heterocycles. The molecule has 1 aliphatic heterocycles. The summed E-state index contributed by atoms with van der Waals surface area (Å²) in [5.41, 5.74) is -4.49. The van der Waals surface area contributed by atoms with Crippen molar-refractivity contribution in [3.8, 4) is 0 Å². The first-order chi connectivity index (χ1) is 13.5. The van der Waals surface area contributed by atoms with Gasteiger partial charge in [0, 0.05) is 12.7 Å². The predicted octanol–water partition coefficient (Wildman–Crippen LogP) is 1.84. The summed E-state index contributed by atoms with van der Waals surface area (Å²) in [6.45, 7) is -0.505. The van der Waals surface area contributed by atoms with Crippen LogP contribution in [-0.2, 0) is 27.8 Å². The van der Waals surface area contributed by atoms with Crippen molar-refractivity contribution in [3.63, 3.8) is 0 Å². The SMILES string of the molecule is O=C1CN(Cc2ccnc(CO)c2)C(=O)N1c1ccc(S(=O)(=O)C(F)(F)F)cc1. The number of benzene rings is 1. The minimum Gasteiger partial charge on any atom is -0.390 e. The molecule has 1 N–H and O–H groups in total. The van der Waals surface area contributed by atoms with Gasteiger partial charge in [0.25, 0.3) is 15.7 Å². The standard InChI is InChI=1S/C17H14F3N3O5S/c18-17(19,20)29(27,28)14-3-1-13(2-4-14)23-15(25)9-22(16(23)26)8-11-5-6-21-12(7-11)10-24/h1-7,24H,8-10H2. The summed E-state index contributed by atoms with van der Waals surface area (Å²) in [7, 11) is -5.53. The third-order valence-corrected chi connectivity index (χ3v) is 5.67. The van der Waals surface area contributed by atoms with Gasteiger partial charge in [-0.1, -0.05) is 0 Å². The van der Waals surface area contributed by atoms with Crippen molar-refractivity contribution < 1.29 is 36.3 Å². The molecule has 8 nitrogen and oxygen atoms in total. The molecule has 0 atom stereocenters. The molecular weight excluding hydrogens is 415 g/mol. The van der Waals surface area contributed by atoms with Crippen LogP contribution in [0.5, 0.6) is 0 Å². The molecule has 1 aliphatic rings. The second-order valence-electron chi connectivity index (χ2n) is 6.12. The van der Waals surface area contributed by atoms with Crippen LogP contribution in [0.1, 0.15) is 11.3 Å². The number of aliphatic hydroxyl groups excluding tert-OH is 1. The molecule has 0 saturated carbocycles. The quantitative estimate of drug-likeness (QED) is 0.727. The Morgan fingerprint density at radius 2 is 1.76 bits per heavy atom. The highest BCUT2D eigenvalue weighted by molar-refractivity contribution is 7.92. The molecule has 1 fully saturated rings. The van der Waals surface area contributed by atoms with Gasteiger partial charge >= 0.3 is 11.5 Å². The Morgan fingerprint density at radius 1 is 1.10 bits per heavy atom. The molecule has 29 heavy (non-hydrogen) atoms. The Bertz CT molecular complexity index is 1050. The molecule has 0 aliphatic carbocycles. The monoisotopic (exact) mass is 429 g/mol. The van der Waals surface area contributed by atoms with E-state index in [1.54, 1.807) is 12.1 Å². The van der Waals surface area contributed by atoms with E-state index < -0.39 is 32.2 Å². The third-order valence-electron chi connectivity index (χ3n) is 4.16. The molecule has 0 radical (unpaired) electrons. The Hall–Kier alpha value is -2.99. The Labute approximate surface area is 163 Å². The van der Waals surface area contributed by atoms with Gasteiger partial charge in [-0.3, -0.25) is 9.78 Å². The number of hydrogen-bond donors (Lipinski definition) is 1. The lowest BCUT2D eigenvalue weighted by molar-refractivity contribution is -0.116. The smallest absolute Gasteiger partial charge is 0.390 e. The van der Waals surface area contributed by atoms with E-state index in [1.807, 2.05) is 0 Å². The predicted molar refractivity (Wildman–Crippen MR) is 93.1 cm³/mol. The van der Waals surface area contributed by atoms with Crippen LogP contribution in [-0.4, -0.2) is 47.4 Å². The molecule has 3 rings (SSSR count). The zero-order chi connectivity index (χ0) is 21.4. The number of aromatic nitrogens is 1. The van der Waals surface area contributed by atoms with Gasteiger partial charge in [0.2, 0.25) is 0 Å². The zero-order valence-corrected chi connectivity index (χ0v) is 15.4. The lowest BCUT2D eigenvalue weighted by Gasteiger charge is -2.18. The largest absolute Gasteiger partial charge is 0.501 e. The van der Waals surface area contributed by atoms with E-state index in [9.17, 15) is 31.2 Å². The van der Waals surface area contributed by atoms with Crippen LogP contribution >= 0.6 is 0 Å². The van der Waals surface area contributed by atoms with Crippen LogP contribution in [0, 0.1) is 0 Å². The number of hydrogen-bond acceptors (Lipinski definition) is 6. The molecule has 0 bridgehead atoms. The number of amides is 3. The molecule has 0 spiro atoms. The van der Waals surface area contributed by atoms with Crippen LogP contribution in [0.25, 0.3) is 0 Å². The fourth-order valence-electron chi connectivity index (χ4n) is 2.77.